The van der Waals surface area contributed by atoms with Gasteiger partial charge in [0.05, 0.1) is 0 Å². The number of likely N-dealkylation sites (tertiary alicyclic amines) is 1. The van der Waals surface area contributed by atoms with Gasteiger partial charge in [0.2, 0.25) is 0 Å². The Morgan fingerprint density at radius 3 is 2.13 bits per heavy atom. The number of piperidine rings is 1. The molecule has 0 radical (unpaired) electrons. The molecule has 0 bridgehead atoms. The summed E-state index contributed by atoms with van der Waals surface area (Å²) in [4.78, 5) is 19.0. The number of benzene rings is 1. The predicted molar refractivity (Wildman–Crippen MR) is 131 cm³/mol. The molecule has 2 aliphatic rings. The summed E-state index contributed by atoms with van der Waals surface area (Å²) < 4.78 is 0. The molecule has 2 aliphatic heterocycles. The highest BCUT2D eigenvalue weighted by molar-refractivity contribution is 5.86. The van der Waals surface area contributed by atoms with Crippen molar-refractivity contribution < 1.29 is 9.90 Å². The van der Waals surface area contributed by atoms with Crippen molar-refractivity contribution in [2.24, 2.45) is 0 Å². The second-order valence-corrected chi connectivity index (χ2v) is 8.06. The van der Waals surface area contributed by atoms with Gasteiger partial charge in [-0.15, -0.1) is 37.2 Å². The largest absolute Gasteiger partial charge is 0.480 e. The van der Waals surface area contributed by atoms with E-state index in [1.807, 2.05) is 0 Å². The Balaban J connectivity index is 0.00000280. The molecule has 174 valence electrons. The maximum atomic E-state index is 11.6. The minimum absolute atomic E-state index is 0. The van der Waals surface area contributed by atoms with Gasteiger partial charge in [0, 0.05) is 51.9 Å². The van der Waals surface area contributed by atoms with Crippen LogP contribution in [0.3, 0.4) is 0 Å². The van der Waals surface area contributed by atoms with Gasteiger partial charge in [-0.1, -0.05) is 50.1 Å². The molecule has 0 saturated carbocycles. The third kappa shape index (κ3) is 8.52. The molecular formula is C22H38Cl3N3O2. The van der Waals surface area contributed by atoms with Gasteiger partial charge in [0.1, 0.15) is 6.04 Å². The summed E-state index contributed by atoms with van der Waals surface area (Å²) in [5.41, 5.74) is 1.39. The Morgan fingerprint density at radius 1 is 1.00 bits per heavy atom. The van der Waals surface area contributed by atoms with Gasteiger partial charge in [-0.25, -0.2) is 0 Å². The number of unbranched alkanes of at least 4 members (excludes halogenated alkanes) is 1. The number of piperazine rings is 1. The highest BCUT2D eigenvalue weighted by Crippen LogP contribution is 2.22. The zero-order valence-electron chi connectivity index (χ0n) is 17.9. The molecule has 1 aromatic rings. The maximum absolute atomic E-state index is 11.6. The molecule has 0 aromatic heterocycles. The highest BCUT2D eigenvalue weighted by Gasteiger charge is 2.32. The van der Waals surface area contributed by atoms with E-state index in [-0.39, 0.29) is 43.3 Å². The van der Waals surface area contributed by atoms with E-state index in [4.69, 9.17) is 0 Å². The molecule has 1 atom stereocenters. The van der Waals surface area contributed by atoms with Crippen molar-refractivity contribution in [3.63, 3.8) is 0 Å². The number of hydrogen-bond acceptors (Lipinski definition) is 4. The van der Waals surface area contributed by atoms with Gasteiger partial charge in [0.25, 0.3) is 0 Å². The molecule has 30 heavy (non-hydrogen) atoms. The number of aliphatic carboxylic acids is 1. The number of hydrogen-bond donors (Lipinski definition) is 1. The standard InChI is InChI=1S/C22H35N3O2.3ClH/c1-2-3-9-21(22(26)27)25-12-10-20(11-13-25)24-16-14-23(15-17-24)18-19-7-5-4-6-8-19;;;/h4-8,20-21H,2-3,9-18H2,1H3,(H,26,27);3*1H. The van der Waals surface area contributed by atoms with Crippen LogP contribution in [0.15, 0.2) is 30.3 Å². The quantitative estimate of drug-likeness (QED) is 0.602. The number of nitrogens with zero attached hydrogens (tertiary/aromatic N) is 3. The number of rotatable bonds is 8. The second kappa shape index (κ2) is 15.3. The van der Waals surface area contributed by atoms with Crippen LogP contribution in [-0.4, -0.2) is 77.1 Å². The molecule has 1 N–H and O–H groups in total. The molecular weight excluding hydrogens is 445 g/mol. The first-order valence-electron chi connectivity index (χ1n) is 10.6. The van der Waals surface area contributed by atoms with Crippen molar-refractivity contribution in [3.8, 4) is 0 Å². The van der Waals surface area contributed by atoms with Crippen LogP contribution in [0.2, 0.25) is 0 Å². The van der Waals surface area contributed by atoms with E-state index in [9.17, 15) is 9.90 Å². The van der Waals surface area contributed by atoms with E-state index >= 15 is 0 Å². The van der Waals surface area contributed by atoms with Crippen LogP contribution in [-0.2, 0) is 11.3 Å². The lowest BCUT2D eigenvalue weighted by atomic mass is 9.99. The first kappa shape index (κ1) is 29.4. The van der Waals surface area contributed by atoms with Crippen molar-refractivity contribution in [2.45, 2.75) is 57.7 Å². The molecule has 1 unspecified atom stereocenters. The average Bonchev–Trinajstić information content (AvgIpc) is 2.70. The van der Waals surface area contributed by atoms with E-state index in [1.165, 1.54) is 5.56 Å². The topological polar surface area (TPSA) is 47.0 Å². The van der Waals surface area contributed by atoms with Gasteiger partial charge in [0.15, 0.2) is 0 Å². The third-order valence-corrected chi connectivity index (χ3v) is 6.23. The average molecular weight is 483 g/mol. The molecule has 2 fully saturated rings. The number of carbonyl (C=O) groups is 1. The fourth-order valence-corrected chi connectivity index (χ4v) is 4.55. The molecule has 0 amide bonds. The van der Waals surface area contributed by atoms with E-state index in [0.717, 1.165) is 77.9 Å². The molecule has 2 heterocycles. The van der Waals surface area contributed by atoms with Crippen LogP contribution < -0.4 is 0 Å². The fourth-order valence-electron chi connectivity index (χ4n) is 4.55. The lowest BCUT2D eigenvalue weighted by Crippen LogP contribution is -2.54. The Labute approximate surface area is 200 Å². The fraction of sp³-hybridized carbons (Fsp3) is 0.682. The first-order valence-corrected chi connectivity index (χ1v) is 10.6. The first-order chi connectivity index (χ1) is 13.2. The van der Waals surface area contributed by atoms with Gasteiger partial charge < -0.3 is 5.11 Å². The lowest BCUT2D eigenvalue weighted by Gasteiger charge is -2.43. The molecule has 8 heteroatoms. The van der Waals surface area contributed by atoms with Crippen LogP contribution in [0.1, 0.15) is 44.6 Å². The maximum Gasteiger partial charge on any atom is 0.320 e. The molecule has 5 nitrogen and oxygen atoms in total. The van der Waals surface area contributed by atoms with Crippen LogP contribution in [0.5, 0.6) is 0 Å². The lowest BCUT2D eigenvalue weighted by molar-refractivity contribution is -0.144. The summed E-state index contributed by atoms with van der Waals surface area (Å²) in [7, 11) is 0. The Kier molecular flexibility index (Phi) is 15.0. The van der Waals surface area contributed by atoms with Crippen LogP contribution >= 0.6 is 37.2 Å². The SMILES string of the molecule is CCCCC(C(=O)O)N1CCC(N2CCN(Cc3ccccc3)CC2)CC1.Cl.Cl.Cl. The molecule has 0 aliphatic carbocycles. The van der Waals surface area contributed by atoms with Crippen molar-refractivity contribution >= 4 is 43.2 Å². The van der Waals surface area contributed by atoms with E-state index in [1.54, 1.807) is 0 Å². The number of carboxylic acid groups (broad SMARTS) is 1. The van der Waals surface area contributed by atoms with Crippen molar-refractivity contribution in [1.29, 1.82) is 0 Å². The Morgan fingerprint density at radius 2 is 1.60 bits per heavy atom. The smallest absolute Gasteiger partial charge is 0.320 e. The zero-order valence-corrected chi connectivity index (χ0v) is 20.4. The van der Waals surface area contributed by atoms with Crippen LogP contribution in [0, 0.1) is 0 Å². The summed E-state index contributed by atoms with van der Waals surface area (Å²) in [6.07, 6.45) is 5.06. The van der Waals surface area contributed by atoms with Gasteiger partial charge >= 0.3 is 5.97 Å². The van der Waals surface area contributed by atoms with Crippen molar-refractivity contribution in [2.75, 3.05) is 39.3 Å². The van der Waals surface area contributed by atoms with Gasteiger partial charge in [-0.2, -0.15) is 0 Å². The van der Waals surface area contributed by atoms with Crippen LogP contribution in [0.4, 0.5) is 0 Å². The number of halogens is 3. The summed E-state index contributed by atoms with van der Waals surface area (Å²) in [6, 6.07) is 11.1. The summed E-state index contributed by atoms with van der Waals surface area (Å²) in [5, 5.41) is 9.56. The number of carboxylic acids is 1. The van der Waals surface area contributed by atoms with Crippen molar-refractivity contribution in [1.82, 2.24) is 14.7 Å². The highest BCUT2D eigenvalue weighted by atomic mass is 35.5. The normalized spacial score (nSPS) is 19.8. The van der Waals surface area contributed by atoms with Gasteiger partial charge in [-0.05, 0) is 24.8 Å². The third-order valence-electron chi connectivity index (χ3n) is 6.23. The zero-order chi connectivity index (χ0) is 19.1. The molecule has 0 spiro atoms. The van der Waals surface area contributed by atoms with Gasteiger partial charge in [-0.3, -0.25) is 19.5 Å². The minimum Gasteiger partial charge on any atom is -0.480 e. The predicted octanol–water partition coefficient (Wildman–Crippen LogP) is 4.18. The summed E-state index contributed by atoms with van der Waals surface area (Å²) in [6.45, 7) is 9.55. The summed E-state index contributed by atoms with van der Waals surface area (Å²) in [5.74, 6) is -0.642. The van der Waals surface area contributed by atoms with E-state index in [0.29, 0.717) is 6.04 Å². The molecule has 3 rings (SSSR count). The monoisotopic (exact) mass is 481 g/mol. The second-order valence-electron chi connectivity index (χ2n) is 8.06. The molecule has 2 saturated heterocycles. The molecule has 1 aromatic carbocycles. The van der Waals surface area contributed by atoms with Crippen LogP contribution in [0.25, 0.3) is 0 Å². The minimum atomic E-state index is -0.642. The summed E-state index contributed by atoms with van der Waals surface area (Å²) >= 11 is 0. The Hall–Kier alpha value is -0.560. The Bertz CT molecular complexity index is 578. The van der Waals surface area contributed by atoms with E-state index in [2.05, 4.69) is 52.0 Å². The van der Waals surface area contributed by atoms with E-state index < -0.39 is 5.97 Å². The van der Waals surface area contributed by atoms with Crippen molar-refractivity contribution in [3.05, 3.63) is 35.9 Å².